The monoisotopic (exact) mass is 165 g/mol. The van der Waals surface area contributed by atoms with Crippen molar-refractivity contribution in [1.29, 1.82) is 0 Å². The van der Waals surface area contributed by atoms with E-state index >= 15 is 0 Å². The normalized spacial score (nSPS) is 10.4. The lowest BCUT2D eigenvalue weighted by molar-refractivity contribution is 0.875. The van der Waals surface area contributed by atoms with E-state index in [4.69, 9.17) is 0 Å². The Bertz CT molecular complexity index is 268. The second kappa shape index (κ2) is 3.52. The Morgan fingerprint density at radius 1 is 1.33 bits per heavy atom. The van der Waals surface area contributed by atoms with Gasteiger partial charge in [-0.05, 0) is 27.7 Å². The molecule has 12 heavy (non-hydrogen) atoms. The summed E-state index contributed by atoms with van der Waals surface area (Å²) in [6, 6.07) is 0.403. The Labute approximate surface area is 73.2 Å². The molecule has 0 aromatic carbocycles. The van der Waals surface area contributed by atoms with Gasteiger partial charge in [0.05, 0.1) is 11.4 Å². The van der Waals surface area contributed by atoms with Crippen LogP contribution in [0.15, 0.2) is 6.20 Å². The Morgan fingerprint density at radius 2 is 2.00 bits per heavy atom. The van der Waals surface area contributed by atoms with Crippen molar-refractivity contribution >= 4 is 5.82 Å². The molecule has 0 atom stereocenters. The van der Waals surface area contributed by atoms with E-state index < -0.39 is 0 Å². The molecular formula is C9H15N3. The zero-order valence-electron chi connectivity index (χ0n) is 8.05. The molecule has 1 rings (SSSR count). The van der Waals surface area contributed by atoms with E-state index in [2.05, 4.69) is 29.1 Å². The van der Waals surface area contributed by atoms with E-state index in [0.29, 0.717) is 6.04 Å². The van der Waals surface area contributed by atoms with E-state index in [9.17, 15) is 0 Å². The van der Waals surface area contributed by atoms with Crippen LogP contribution in [0.4, 0.5) is 5.82 Å². The molecule has 0 unspecified atom stereocenters. The predicted octanol–water partition coefficient (Wildman–Crippen LogP) is 1.91. The third-order valence-electron chi connectivity index (χ3n) is 1.50. The van der Waals surface area contributed by atoms with Gasteiger partial charge in [-0.1, -0.05) is 0 Å². The van der Waals surface area contributed by atoms with Crippen LogP contribution in [-0.2, 0) is 0 Å². The molecule has 0 aliphatic carbocycles. The average Bonchev–Trinajstić information content (AvgIpc) is 1.96. The number of anilines is 1. The van der Waals surface area contributed by atoms with Crippen molar-refractivity contribution in [2.75, 3.05) is 5.32 Å². The van der Waals surface area contributed by atoms with Gasteiger partial charge >= 0.3 is 0 Å². The maximum atomic E-state index is 4.34. The van der Waals surface area contributed by atoms with E-state index in [1.54, 1.807) is 6.20 Å². The quantitative estimate of drug-likeness (QED) is 0.727. The number of nitrogens with one attached hydrogen (secondary N) is 1. The van der Waals surface area contributed by atoms with E-state index in [1.165, 1.54) is 0 Å². The molecule has 0 aliphatic heterocycles. The summed E-state index contributed by atoms with van der Waals surface area (Å²) in [7, 11) is 0. The van der Waals surface area contributed by atoms with Gasteiger partial charge in [0.15, 0.2) is 0 Å². The summed E-state index contributed by atoms with van der Waals surface area (Å²) in [6.45, 7) is 8.07. The van der Waals surface area contributed by atoms with Crippen LogP contribution in [0, 0.1) is 13.8 Å². The van der Waals surface area contributed by atoms with Crippen molar-refractivity contribution in [3.8, 4) is 0 Å². The Hall–Kier alpha value is -1.12. The molecule has 66 valence electrons. The van der Waals surface area contributed by atoms with Crippen molar-refractivity contribution in [2.24, 2.45) is 0 Å². The summed E-state index contributed by atoms with van der Waals surface area (Å²) in [6.07, 6.45) is 1.78. The zero-order chi connectivity index (χ0) is 9.14. The predicted molar refractivity (Wildman–Crippen MR) is 50.3 cm³/mol. The van der Waals surface area contributed by atoms with Crippen LogP contribution in [0.2, 0.25) is 0 Å². The van der Waals surface area contributed by atoms with Crippen molar-refractivity contribution in [1.82, 2.24) is 9.97 Å². The SMILES string of the molecule is Cc1cnc(C)c(NC(C)C)n1. The van der Waals surface area contributed by atoms with Gasteiger partial charge in [-0.25, -0.2) is 4.98 Å². The first-order valence-corrected chi connectivity index (χ1v) is 4.16. The second-order valence-corrected chi connectivity index (χ2v) is 3.24. The van der Waals surface area contributed by atoms with Gasteiger partial charge in [-0.3, -0.25) is 4.98 Å². The molecule has 3 heteroatoms. The molecule has 0 saturated heterocycles. The molecule has 0 bridgehead atoms. The molecule has 0 saturated carbocycles. The maximum absolute atomic E-state index is 4.34. The van der Waals surface area contributed by atoms with Crippen LogP contribution < -0.4 is 5.32 Å². The third-order valence-corrected chi connectivity index (χ3v) is 1.50. The van der Waals surface area contributed by atoms with Crippen molar-refractivity contribution in [3.63, 3.8) is 0 Å². The van der Waals surface area contributed by atoms with Crippen LogP contribution in [0.1, 0.15) is 25.2 Å². The number of rotatable bonds is 2. The highest BCUT2D eigenvalue weighted by molar-refractivity contribution is 5.40. The van der Waals surface area contributed by atoms with Crippen LogP contribution in [0.25, 0.3) is 0 Å². The minimum atomic E-state index is 0.403. The minimum Gasteiger partial charge on any atom is -0.366 e. The highest BCUT2D eigenvalue weighted by Gasteiger charge is 2.01. The Balaban J connectivity index is 2.90. The van der Waals surface area contributed by atoms with Crippen LogP contribution in [0.5, 0.6) is 0 Å². The molecule has 1 aromatic heterocycles. The molecule has 0 fully saturated rings. The van der Waals surface area contributed by atoms with Crippen LogP contribution >= 0.6 is 0 Å². The summed E-state index contributed by atoms with van der Waals surface area (Å²) in [5, 5.41) is 3.24. The number of hydrogen-bond donors (Lipinski definition) is 1. The summed E-state index contributed by atoms with van der Waals surface area (Å²) in [5.41, 5.74) is 1.90. The molecular weight excluding hydrogens is 150 g/mol. The topological polar surface area (TPSA) is 37.8 Å². The van der Waals surface area contributed by atoms with Crippen molar-refractivity contribution < 1.29 is 0 Å². The summed E-state index contributed by atoms with van der Waals surface area (Å²) >= 11 is 0. The third kappa shape index (κ3) is 2.19. The Kier molecular flexibility index (Phi) is 2.63. The van der Waals surface area contributed by atoms with Gasteiger partial charge in [0.25, 0.3) is 0 Å². The van der Waals surface area contributed by atoms with E-state index in [1.807, 2.05) is 13.8 Å². The highest BCUT2D eigenvalue weighted by atomic mass is 15.0. The molecule has 1 heterocycles. The number of nitrogens with zero attached hydrogens (tertiary/aromatic N) is 2. The first kappa shape index (κ1) is 8.97. The van der Waals surface area contributed by atoms with Gasteiger partial charge in [-0.2, -0.15) is 0 Å². The minimum absolute atomic E-state index is 0.403. The zero-order valence-corrected chi connectivity index (χ0v) is 8.05. The summed E-state index contributed by atoms with van der Waals surface area (Å²) in [5.74, 6) is 0.894. The largest absolute Gasteiger partial charge is 0.366 e. The molecule has 1 aromatic rings. The molecule has 0 aliphatic rings. The van der Waals surface area contributed by atoms with Gasteiger partial charge in [0.2, 0.25) is 0 Å². The van der Waals surface area contributed by atoms with Gasteiger partial charge in [0.1, 0.15) is 5.82 Å². The smallest absolute Gasteiger partial charge is 0.147 e. The van der Waals surface area contributed by atoms with Crippen LogP contribution in [-0.4, -0.2) is 16.0 Å². The summed E-state index contributed by atoms with van der Waals surface area (Å²) in [4.78, 5) is 8.55. The number of aromatic nitrogens is 2. The number of aryl methyl sites for hydroxylation is 2. The Morgan fingerprint density at radius 3 is 2.58 bits per heavy atom. The van der Waals surface area contributed by atoms with Gasteiger partial charge in [0, 0.05) is 12.2 Å². The van der Waals surface area contributed by atoms with Crippen molar-refractivity contribution in [3.05, 3.63) is 17.6 Å². The van der Waals surface area contributed by atoms with Gasteiger partial charge in [-0.15, -0.1) is 0 Å². The molecule has 0 amide bonds. The highest BCUT2D eigenvalue weighted by Crippen LogP contribution is 2.09. The maximum Gasteiger partial charge on any atom is 0.147 e. The van der Waals surface area contributed by atoms with E-state index in [-0.39, 0.29) is 0 Å². The fraction of sp³-hybridized carbons (Fsp3) is 0.556. The lowest BCUT2D eigenvalue weighted by Gasteiger charge is -2.10. The van der Waals surface area contributed by atoms with E-state index in [0.717, 1.165) is 17.2 Å². The second-order valence-electron chi connectivity index (χ2n) is 3.24. The fourth-order valence-electron chi connectivity index (χ4n) is 0.948. The van der Waals surface area contributed by atoms with Gasteiger partial charge < -0.3 is 5.32 Å². The standard InChI is InChI=1S/C9H15N3/c1-6(2)11-9-8(4)10-5-7(3)12-9/h5-6H,1-4H3,(H,11,12). The number of hydrogen-bond acceptors (Lipinski definition) is 3. The molecule has 3 nitrogen and oxygen atoms in total. The first-order chi connectivity index (χ1) is 5.59. The average molecular weight is 165 g/mol. The van der Waals surface area contributed by atoms with Crippen molar-refractivity contribution in [2.45, 2.75) is 33.7 Å². The lowest BCUT2D eigenvalue weighted by Crippen LogP contribution is -2.13. The molecule has 0 radical (unpaired) electrons. The first-order valence-electron chi connectivity index (χ1n) is 4.16. The van der Waals surface area contributed by atoms with Crippen LogP contribution in [0.3, 0.4) is 0 Å². The molecule has 0 spiro atoms. The molecule has 1 N–H and O–H groups in total. The fourth-order valence-corrected chi connectivity index (χ4v) is 0.948. The lowest BCUT2D eigenvalue weighted by atomic mass is 10.3. The summed E-state index contributed by atoms with van der Waals surface area (Å²) < 4.78 is 0.